The van der Waals surface area contributed by atoms with Gasteiger partial charge >= 0.3 is 18.1 Å². The van der Waals surface area contributed by atoms with Crippen LogP contribution in [0, 0.1) is 16.2 Å². The van der Waals surface area contributed by atoms with Crippen molar-refractivity contribution in [1.29, 1.82) is 0 Å². The van der Waals surface area contributed by atoms with E-state index in [0.29, 0.717) is 0 Å². The highest BCUT2D eigenvalue weighted by molar-refractivity contribution is 6.08. The van der Waals surface area contributed by atoms with Crippen molar-refractivity contribution in [1.82, 2.24) is 0 Å². The van der Waals surface area contributed by atoms with Gasteiger partial charge in [-0.25, -0.2) is 0 Å². The third-order valence-corrected chi connectivity index (χ3v) is 4.93. The van der Waals surface area contributed by atoms with Gasteiger partial charge in [-0.05, 0) is 19.8 Å². The van der Waals surface area contributed by atoms with E-state index in [0.717, 1.165) is 13.8 Å². The van der Waals surface area contributed by atoms with Gasteiger partial charge in [-0.3, -0.25) is 14.4 Å². The van der Waals surface area contributed by atoms with Crippen LogP contribution in [0.25, 0.3) is 0 Å². The van der Waals surface area contributed by atoms with Crippen molar-refractivity contribution >= 4 is 17.7 Å². The van der Waals surface area contributed by atoms with Gasteiger partial charge in [0, 0.05) is 5.41 Å². The molecule has 1 aliphatic rings. The summed E-state index contributed by atoms with van der Waals surface area (Å²) in [4.78, 5) is 34.4. The molecule has 20 heavy (non-hydrogen) atoms. The van der Waals surface area contributed by atoms with E-state index >= 15 is 0 Å². The van der Waals surface area contributed by atoms with E-state index in [-0.39, 0.29) is 6.42 Å². The van der Waals surface area contributed by atoms with Crippen LogP contribution in [0.2, 0.25) is 0 Å². The summed E-state index contributed by atoms with van der Waals surface area (Å²) in [5.74, 6) is -5.75. The van der Waals surface area contributed by atoms with Crippen molar-refractivity contribution in [3.05, 3.63) is 0 Å². The molecule has 0 aromatic heterocycles. The van der Waals surface area contributed by atoms with Crippen LogP contribution >= 0.6 is 0 Å². The summed E-state index contributed by atoms with van der Waals surface area (Å²) in [7, 11) is 0. The minimum atomic E-state index is -5.33. The van der Waals surface area contributed by atoms with Gasteiger partial charge in [0.2, 0.25) is 0 Å². The highest BCUT2D eigenvalue weighted by Gasteiger charge is 2.74. The zero-order valence-electron chi connectivity index (χ0n) is 11.2. The zero-order valence-corrected chi connectivity index (χ0v) is 11.2. The summed E-state index contributed by atoms with van der Waals surface area (Å²) in [6.07, 6.45) is -6.31. The van der Waals surface area contributed by atoms with Gasteiger partial charge < -0.3 is 10.2 Å². The Morgan fingerprint density at radius 1 is 0.950 bits per heavy atom. The number of rotatable bonds is 3. The first-order valence-corrected chi connectivity index (χ1v) is 5.83. The van der Waals surface area contributed by atoms with E-state index in [2.05, 4.69) is 0 Å². The number of carboxylic acids is 2. The maximum Gasteiger partial charge on any atom is 0.451 e. The molecular formula is C12H15F3O5. The van der Waals surface area contributed by atoms with Crippen molar-refractivity contribution in [2.75, 3.05) is 0 Å². The van der Waals surface area contributed by atoms with Crippen LogP contribution in [0.3, 0.4) is 0 Å². The molecule has 0 spiro atoms. The fourth-order valence-corrected chi connectivity index (χ4v) is 3.02. The average molecular weight is 296 g/mol. The van der Waals surface area contributed by atoms with Crippen LogP contribution in [0.5, 0.6) is 0 Å². The van der Waals surface area contributed by atoms with Crippen molar-refractivity contribution < 1.29 is 37.8 Å². The molecule has 8 heteroatoms. The summed E-state index contributed by atoms with van der Waals surface area (Å²) in [6.45, 7) is 3.35. The molecule has 1 rings (SSSR count). The topological polar surface area (TPSA) is 91.7 Å². The number of ketones is 1. The van der Waals surface area contributed by atoms with Crippen molar-refractivity contribution in [2.45, 2.75) is 39.8 Å². The Morgan fingerprint density at radius 3 is 1.65 bits per heavy atom. The largest absolute Gasteiger partial charge is 0.481 e. The van der Waals surface area contributed by atoms with E-state index < -0.39 is 46.6 Å². The molecule has 2 atom stereocenters. The molecule has 0 aromatic carbocycles. The summed E-state index contributed by atoms with van der Waals surface area (Å²) in [6, 6.07) is 0. The number of carboxylic acid groups (broad SMARTS) is 2. The van der Waals surface area contributed by atoms with E-state index in [1.54, 1.807) is 0 Å². The van der Waals surface area contributed by atoms with Gasteiger partial charge in [0.15, 0.2) is 0 Å². The Labute approximate surface area is 112 Å². The molecule has 0 bridgehead atoms. The first kappa shape index (κ1) is 16.5. The molecule has 0 amide bonds. The molecule has 1 aliphatic carbocycles. The Bertz CT molecular complexity index is 482. The first-order valence-electron chi connectivity index (χ1n) is 5.83. The molecule has 0 aromatic rings. The molecule has 1 fully saturated rings. The lowest BCUT2D eigenvalue weighted by Gasteiger charge is -2.43. The van der Waals surface area contributed by atoms with Crippen molar-refractivity contribution in [3.63, 3.8) is 0 Å². The summed E-state index contributed by atoms with van der Waals surface area (Å²) < 4.78 is 38.2. The van der Waals surface area contributed by atoms with Crippen LogP contribution in [-0.4, -0.2) is 34.1 Å². The van der Waals surface area contributed by atoms with Gasteiger partial charge in [-0.1, -0.05) is 13.8 Å². The zero-order chi connectivity index (χ0) is 16.1. The lowest BCUT2D eigenvalue weighted by Crippen LogP contribution is -2.57. The third-order valence-electron chi connectivity index (χ3n) is 4.93. The van der Waals surface area contributed by atoms with Crippen LogP contribution in [0.1, 0.15) is 33.6 Å². The first-order chi connectivity index (χ1) is 8.75. The predicted molar refractivity (Wildman–Crippen MR) is 59.9 cm³/mol. The Balaban J connectivity index is 3.57. The predicted octanol–water partition coefficient (Wildman–Crippen LogP) is 2.10. The van der Waals surface area contributed by atoms with Gasteiger partial charge in [0.25, 0.3) is 5.78 Å². The van der Waals surface area contributed by atoms with Crippen LogP contribution in [0.4, 0.5) is 13.2 Å². The van der Waals surface area contributed by atoms with Crippen molar-refractivity contribution in [3.8, 4) is 0 Å². The minimum absolute atomic E-state index is 0.316. The number of halogens is 3. The maximum atomic E-state index is 12.7. The lowest BCUT2D eigenvalue weighted by molar-refractivity contribution is -0.198. The second-order valence-corrected chi connectivity index (χ2v) is 5.80. The summed E-state index contributed by atoms with van der Waals surface area (Å²) >= 11 is 0. The van der Waals surface area contributed by atoms with Gasteiger partial charge in [-0.15, -0.1) is 0 Å². The maximum absolute atomic E-state index is 12.7. The molecule has 0 aliphatic heterocycles. The van der Waals surface area contributed by atoms with Crippen molar-refractivity contribution in [2.24, 2.45) is 16.2 Å². The SMILES string of the molecule is CC1(C)C(C(=O)O)(C(=O)C(F)(F)F)CC[C@@]1(C)C(=O)O. The third kappa shape index (κ3) is 1.73. The Hall–Kier alpha value is -1.60. The number of Topliss-reactive ketones (excluding diaryl/α,β-unsaturated/α-hetero) is 1. The Morgan fingerprint density at radius 2 is 1.40 bits per heavy atom. The molecule has 1 saturated carbocycles. The van der Waals surface area contributed by atoms with Gasteiger partial charge in [0.05, 0.1) is 5.41 Å². The second-order valence-electron chi connectivity index (χ2n) is 5.80. The molecule has 114 valence electrons. The van der Waals surface area contributed by atoms with Gasteiger partial charge in [-0.2, -0.15) is 13.2 Å². The number of alkyl halides is 3. The number of carbonyl (C=O) groups is 3. The molecular weight excluding hydrogens is 281 g/mol. The number of hydrogen-bond acceptors (Lipinski definition) is 3. The normalized spacial score (nSPS) is 32.9. The second kappa shape index (κ2) is 4.20. The van der Waals surface area contributed by atoms with E-state index in [9.17, 15) is 37.8 Å². The van der Waals surface area contributed by atoms with E-state index in [4.69, 9.17) is 0 Å². The highest BCUT2D eigenvalue weighted by atomic mass is 19.4. The fraction of sp³-hybridized carbons (Fsp3) is 0.750. The minimum Gasteiger partial charge on any atom is -0.481 e. The van der Waals surface area contributed by atoms with Crippen LogP contribution < -0.4 is 0 Å². The van der Waals surface area contributed by atoms with Crippen LogP contribution in [0.15, 0.2) is 0 Å². The summed E-state index contributed by atoms with van der Waals surface area (Å²) in [5.41, 5.74) is -6.39. The highest BCUT2D eigenvalue weighted by Crippen LogP contribution is 2.64. The van der Waals surface area contributed by atoms with Crippen LogP contribution in [-0.2, 0) is 14.4 Å². The molecule has 1 unspecified atom stereocenters. The van der Waals surface area contributed by atoms with E-state index in [1.165, 1.54) is 6.92 Å². The summed E-state index contributed by atoms with van der Waals surface area (Å²) in [5, 5.41) is 18.5. The monoisotopic (exact) mass is 296 g/mol. The lowest BCUT2D eigenvalue weighted by atomic mass is 9.57. The molecule has 5 nitrogen and oxygen atoms in total. The molecule has 0 heterocycles. The standard InChI is InChI=1S/C12H15F3O5/c1-9(2)10(3,7(17)18)4-5-11(9,8(19)20)6(16)12(13,14)15/h4-5H2,1-3H3,(H,17,18)(H,19,20)/t10-,11?/m0/s1. The quantitative estimate of drug-likeness (QED) is 0.778. The van der Waals surface area contributed by atoms with Gasteiger partial charge in [0.1, 0.15) is 5.41 Å². The fourth-order valence-electron chi connectivity index (χ4n) is 3.02. The smallest absolute Gasteiger partial charge is 0.451 e. The number of carbonyl (C=O) groups excluding carboxylic acids is 1. The Kier molecular flexibility index (Phi) is 3.45. The number of hydrogen-bond donors (Lipinski definition) is 2. The average Bonchev–Trinajstić information content (AvgIpc) is 2.47. The molecule has 0 saturated heterocycles. The molecule has 2 N–H and O–H groups in total. The molecule has 0 radical (unpaired) electrons. The number of aliphatic carboxylic acids is 2. The van der Waals surface area contributed by atoms with E-state index in [1.807, 2.05) is 0 Å².